The molecule has 1 saturated heterocycles. The Bertz CT molecular complexity index is 848. The lowest BCUT2D eigenvalue weighted by atomic mass is 10.1. The molecule has 3 rings (SSSR count). The molecule has 1 amide bonds. The number of para-hydroxylation sites is 2. The quantitative estimate of drug-likeness (QED) is 0.480. The Kier molecular flexibility index (Phi) is 8.20. The number of anilines is 1. The molecule has 0 bridgehead atoms. The average molecular weight is 411 g/mol. The number of benzene rings is 2. The summed E-state index contributed by atoms with van der Waals surface area (Å²) in [5.74, 6) is -0.0843. The van der Waals surface area contributed by atoms with Gasteiger partial charge in [0.25, 0.3) is 5.69 Å². The first-order chi connectivity index (χ1) is 14.6. The van der Waals surface area contributed by atoms with Crippen LogP contribution in [0.5, 0.6) is 0 Å². The van der Waals surface area contributed by atoms with E-state index in [1.807, 2.05) is 12.1 Å². The molecule has 2 aromatic carbocycles. The van der Waals surface area contributed by atoms with Crippen molar-refractivity contribution in [1.82, 2.24) is 10.2 Å². The van der Waals surface area contributed by atoms with Gasteiger partial charge < -0.3 is 10.6 Å². The van der Waals surface area contributed by atoms with Crippen molar-refractivity contribution in [1.29, 1.82) is 0 Å². The Morgan fingerprint density at radius 3 is 2.50 bits per heavy atom. The van der Waals surface area contributed by atoms with Crippen LogP contribution in [-0.4, -0.2) is 35.4 Å². The van der Waals surface area contributed by atoms with Gasteiger partial charge in [-0.3, -0.25) is 19.8 Å². The molecule has 160 valence electrons. The van der Waals surface area contributed by atoms with E-state index in [0.717, 1.165) is 25.2 Å². The fourth-order valence-corrected chi connectivity index (χ4v) is 3.77. The SMILES string of the molecule is O=C(CCNc1ccccc1[N+](=O)[O-])NCc1cccc(CN2CCCCCC2)c1. The van der Waals surface area contributed by atoms with Gasteiger partial charge in [-0.05, 0) is 43.1 Å². The molecule has 0 aromatic heterocycles. The van der Waals surface area contributed by atoms with Crippen molar-refractivity contribution in [3.05, 3.63) is 69.8 Å². The standard InChI is InChI=1S/C23H30N4O3/c28-23(12-13-24-21-10-3-4-11-22(21)27(29)30)25-17-19-8-7-9-20(16-19)18-26-14-5-1-2-6-15-26/h3-4,7-11,16,24H,1-2,5-6,12-15,17-18H2,(H,25,28). The molecule has 30 heavy (non-hydrogen) atoms. The molecule has 0 atom stereocenters. The molecule has 1 aliphatic heterocycles. The van der Waals surface area contributed by atoms with Crippen LogP contribution >= 0.6 is 0 Å². The number of nitro groups is 1. The van der Waals surface area contributed by atoms with E-state index >= 15 is 0 Å². The van der Waals surface area contributed by atoms with E-state index in [9.17, 15) is 14.9 Å². The summed E-state index contributed by atoms with van der Waals surface area (Å²) in [7, 11) is 0. The number of carbonyl (C=O) groups excluding carboxylic acids is 1. The highest BCUT2D eigenvalue weighted by molar-refractivity contribution is 5.76. The minimum absolute atomic E-state index is 0.0131. The minimum Gasteiger partial charge on any atom is -0.379 e. The topological polar surface area (TPSA) is 87.5 Å². The van der Waals surface area contributed by atoms with E-state index in [2.05, 4.69) is 27.7 Å². The van der Waals surface area contributed by atoms with Crippen LogP contribution in [0.4, 0.5) is 11.4 Å². The number of nitrogens with zero attached hydrogens (tertiary/aromatic N) is 2. The van der Waals surface area contributed by atoms with Crippen molar-refractivity contribution in [2.24, 2.45) is 0 Å². The lowest BCUT2D eigenvalue weighted by molar-refractivity contribution is -0.384. The van der Waals surface area contributed by atoms with Crippen molar-refractivity contribution in [2.45, 2.75) is 45.2 Å². The van der Waals surface area contributed by atoms with E-state index in [4.69, 9.17) is 0 Å². The second kappa shape index (κ2) is 11.3. The fourth-order valence-electron chi connectivity index (χ4n) is 3.77. The molecule has 7 nitrogen and oxygen atoms in total. The summed E-state index contributed by atoms with van der Waals surface area (Å²) in [6.45, 7) is 4.10. The number of amides is 1. The largest absolute Gasteiger partial charge is 0.379 e. The Balaban J connectivity index is 1.43. The molecule has 0 radical (unpaired) electrons. The van der Waals surface area contributed by atoms with Crippen LogP contribution in [0.1, 0.15) is 43.2 Å². The monoisotopic (exact) mass is 410 g/mol. The number of carbonyl (C=O) groups is 1. The summed E-state index contributed by atoms with van der Waals surface area (Å²) in [6, 6.07) is 14.8. The third kappa shape index (κ3) is 6.84. The first kappa shape index (κ1) is 21.8. The molecule has 0 spiro atoms. The van der Waals surface area contributed by atoms with Crippen molar-refractivity contribution in [3.8, 4) is 0 Å². The minimum atomic E-state index is -0.430. The molecule has 2 aromatic rings. The predicted octanol–water partition coefficient (Wildman–Crippen LogP) is 4.09. The van der Waals surface area contributed by atoms with E-state index in [1.165, 1.54) is 37.3 Å². The van der Waals surface area contributed by atoms with Gasteiger partial charge in [-0.2, -0.15) is 0 Å². The molecule has 1 aliphatic rings. The van der Waals surface area contributed by atoms with Gasteiger partial charge in [0.15, 0.2) is 0 Å². The molecular formula is C23H30N4O3. The van der Waals surface area contributed by atoms with Crippen molar-refractivity contribution >= 4 is 17.3 Å². The van der Waals surface area contributed by atoms with E-state index in [-0.39, 0.29) is 18.0 Å². The number of rotatable bonds is 9. The zero-order valence-electron chi connectivity index (χ0n) is 17.3. The third-order valence-corrected chi connectivity index (χ3v) is 5.35. The van der Waals surface area contributed by atoms with Gasteiger partial charge in [-0.1, -0.05) is 49.2 Å². The summed E-state index contributed by atoms with van der Waals surface area (Å²) >= 11 is 0. The second-order valence-corrected chi connectivity index (χ2v) is 7.74. The zero-order valence-corrected chi connectivity index (χ0v) is 17.3. The van der Waals surface area contributed by atoms with Crippen LogP contribution in [-0.2, 0) is 17.9 Å². The maximum absolute atomic E-state index is 12.2. The van der Waals surface area contributed by atoms with E-state index in [1.54, 1.807) is 18.2 Å². The highest BCUT2D eigenvalue weighted by atomic mass is 16.6. The number of hydrogen-bond acceptors (Lipinski definition) is 5. The van der Waals surface area contributed by atoms with Crippen LogP contribution in [0.2, 0.25) is 0 Å². The van der Waals surface area contributed by atoms with Gasteiger partial charge in [-0.25, -0.2) is 0 Å². The summed E-state index contributed by atoms with van der Waals surface area (Å²) < 4.78 is 0. The summed E-state index contributed by atoms with van der Waals surface area (Å²) in [6.07, 6.45) is 5.45. The van der Waals surface area contributed by atoms with Crippen molar-refractivity contribution in [2.75, 3.05) is 25.0 Å². The summed E-state index contributed by atoms with van der Waals surface area (Å²) in [4.78, 5) is 25.3. The van der Waals surface area contributed by atoms with E-state index < -0.39 is 4.92 Å². The number of hydrogen-bond donors (Lipinski definition) is 2. The van der Waals surface area contributed by atoms with Gasteiger partial charge in [0.05, 0.1) is 4.92 Å². The van der Waals surface area contributed by atoms with Crippen LogP contribution in [0, 0.1) is 10.1 Å². The Morgan fingerprint density at radius 1 is 1.00 bits per heavy atom. The van der Waals surface area contributed by atoms with Gasteiger partial charge in [-0.15, -0.1) is 0 Å². The normalized spacial score (nSPS) is 14.7. The second-order valence-electron chi connectivity index (χ2n) is 7.74. The van der Waals surface area contributed by atoms with Crippen LogP contribution in [0.3, 0.4) is 0 Å². The van der Waals surface area contributed by atoms with E-state index in [0.29, 0.717) is 18.8 Å². The summed E-state index contributed by atoms with van der Waals surface area (Å²) in [5.41, 5.74) is 2.81. The third-order valence-electron chi connectivity index (χ3n) is 5.35. The molecule has 0 aliphatic carbocycles. The van der Waals surface area contributed by atoms with Crippen molar-refractivity contribution in [3.63, 3.8) is 0 Å². The fraction of sp³-hybridized carbons (Fsp3) is 0.435. The van der Waals surface area contributed by atoms with Gasteiger partial charge in [0, 0.05) is 32.1 Å². The smallest absolute Gasteiger partial charge is 0.292 e. The Morgan fingerprint density at radius 2 is 1.73 bits per heavy atom. The molecule has 2 N–H and O–H groups in total. The predicted molar refractivity (Wildman–Crippen MR) is 118 cm³/mol. The highest BCUT2D eigenvalue weighted by Gasteiger charge is 2.12. The maximum atomic E-state index is 12.2. The Hall–Kier alpha value is -2.93. The van der Waals surface area contributed by atoms with Crippen molar-refractivity contribution < 1.29 is 9.72 Å². The first-order valence-corrected chi connectivity index (χ1v) is 10.7. The zero-order chi connectivity index (χ0) is 21.2. The number of likely N-dealkylation sites (tertiary alicyclic amines) is 1. The lowest BCUT2D eigenvalue weighted by Crippen LogP contribution is -2.25. The molecule has 0 saturated carbocycles. The number of nitro benzene ring substituents is 1. The van der Waals surface area contributed by atoms with Gasteiger partial charge >= 0.3 is 0 Å². The first-order valence-electron chi connectivity index (χ1n) is 10.7. The summed E-state index contributed by atoms with van der Waals surface area (Å²) in [5, 5.41) is 16.9. The molecule has 1 heterocycles. The van der Waals surface area contributed by atoms with Crippen LogP contribution in [0.25, 0.3) is 0 Å². The van der Waals surface area contributed by atoms with Gasteiger partial charge in [0.1, 0.15) is 5.69 Å². The van der Waals surface area contributed by atoms with Crippen LogP contribution in [0.15, 0.2) is 48.5 Å². The number of nitrogens with one attached hydrogen (secondary N) is 2. The van der Waals surface area contributed by atoms with Crippen LogP contribution < -0.4 is 10.6 Å². The average Bonchev–Trinajstić information content (AvgIpc) is 3.01. The molecular weight excluding hydrogens is 380 g/mol. The maximum Gasteiger partial charge on any atom is 0.292 e. The van der Waals surface area contributed by atoms with Gasteiger partial charge in [0.2, 0.25) is 5.91 Å². The molecule has 0 unspecified atom stereocenters. The molecule has 1 fully saturated rings. The molecule has 7 heteroatoms. The lowest BCUT2D eigenvalue weighted by Gasteiger charge is -2.20. The highest BCUT2D eigenvalue weighted by Crippen LogP contribution is 2.22. The Labute approximate surface area is 177 Å².